The Kier molecular flexibility index (Phi) is 7.70. The van der Waals surface area contributed by atoms with Gasteiger partial charge in [-0.1, -0.05) is 50.0 Å². The number of phenolic OH excluding ortho intramolecular Hbond substituents is 1. The zero-order valence-electron chi connectivity index (χ0n) is 17.5. The van der Waals surface area contributed by atoms with Gasteiger partial charge in [0.25, 0.3) is 5.91 Å². The second kappa shape index (κ2) is 9.95. The number of aromatic hydroxyl groups is 1. The summed E-state index contributed by atoms with van der Waals surface area (Å²) in [5.74, 6) is -0.322. The van der Waals surface area contributed by atoms with Crippen molar-refractivity contribution in [2.75, 3.05) is 0 Å². The molecule has 2 aromatic carbocycles. The molecule has 0 bridgehead atoms. The molecule has 2 N–H and O–H groups in total. The van der Waals surface area contributed by atoms with E-state index in [-0.39, 0.29) is 11.2 Å². The lowest BCUT2D eigenvalue weighted by Gasteiger charge is -2.14. The molecule has 0 spiro atoms. The van der Waals surface area contributed by atoms with Gasteiger partial charge in [-0.3, -0.25) is 9.48 Å². The molecular formula is C22H20Br2Cl2N4O2. The lowest BCUT2D eigenvalue weighted by atomic mass is 9.92. The van der Waals surface area contributed by atoms with Gasteiger partial charge in [0.05, 0.1) is 27.4 Å². The van der Waals surface area contributed by atoms with E-state index < -0.39 is 5.91 Å². The lowest BCUT2D eigenvalue weighted by molar-refractivity contribution is 0.0945. The van der Waals surface area contributed by atoms with Crippen LogP contribution in [0.5, 0.6) is 5.75 Å². The molecule has 1 amide bonds. The van der Waals surface area contributed by atoms with Crippen molar-refractivity contribution in [1.29, 1.82) is 0 Å². The summed E-state index contributed by atoms with van der Waals surface area (Å²) >= 11 is 18.9. The summed E-state index contributed by atoms with van der Waals surface area (Å²) < 4.78 is 2.62. The normalized spacial score (nSPS) is 11.8. The minimum Gasteiger partial charge on any atom is -0.506 e. The molecule has 0 aliphatic rings. The van der Waals surface area contributed by atoms with Crippen molar-refractivity contribution in [2.24, 2.45) is 5.10 Å². The first kappa shape index (κ1) is 24.8. The predicted molar refractivity (Wildman–Crippen MR) is 135 cm³/mol. The fourth-order valence-electron chi connectivity index (χ4n) is 2.78. The summed E-state index contributed by atoms with van der Waals surface area (Å²) in [6.07, 6.45) is 1.48. The Morgan fingerprint density at radius 1 is 1.19 bits per heavy atom. The van der Waals surface area contributed by atoms with Crippen molar-refractivity contribution in [2.45, 2.75) is 32.7 Å². The molecule has 168 valence electrons. The predicted octanol–water partition coefficient (Wildman–Crippen LogP) is 6.53. The number of nitrogens with zero attached hydrogens (tertiary/aromatic N) is 3. The third-order valence-corrected chi connectivity index (χ3v) is 6.33. The SMILES string of the molecule is CC(C)(C)c1cc(C(=O)N/N=C/c2cc(Br)c(O)c(Br)c2)n(Cc2ccc(Cl)cc2Cl)n1. The molecule has 0 saturated heterocycles. The maximum Gasteiger partial charge on any atom is 0.289 e. The Hall–Kier alpha value is -1.87. The van der Waals surface area contributed by atoms with Gasteiger partial charge in [0, 0.05) is 15.5 Å². The van der Waals surface area contributed by atoms with Gasteiger partial charge in [-0.05, 0) is 73.3 Å². The maximum atomic E-state index is 12.9. The van der Waals surface area contributed by atoms with E-state index in [1.807, 2.05) is 26.8 Å². The van der Waals surface area contributed by atoms with Gasteiger partial charge in [-0.25, -0.2) is 5.43 Å². The highest BCUT2D eigenvalue weighted by atomic mass is 79.9. The molecule has 0 saturated carbocycles. The van der Waals surface area contributed by atoms with Crippen molar-refractivity contribution in [1.82, 2.24) is 15.2 Å². The topological polar surface area (TPSA) is 79.5 Å². The maximum absolute atomic E-state index is 12.9. The molecule has 10 heteroatoms. The van der Waals surface area contributed by atoms with Gasteiger partial charge < -0.3 is 5.11 Å². The standard InChI is InChI=1S/C22H20Br2Cl2N4O2/c1-22(2,3)19-9-18(30(29-19)11-13-4-5-14(25)8-17(13)26)21(32)28-27-10-12-6-15(23)20(31)16(24)7-12/h4-10,31H,11H2,1-3H3,(H,28,32)/b27-10+. The number of amides is 1. The number of carbonyl (C=O) groups excluding carboxylic acids is 1. The average molecular weight is 603 g/mol. The van der Waals surface area contributed by atoms with Crippen LogP contribution in [0, 0.1) is 0 Å². The number of rotatable bonds is 5. The number of benzene rings is 2. The molecule has 1 heterocycles. The van der Waals surface area contributed by atoms with Gasteiger partial charge in [0.1, 0.15) is 11.4 Å². The number of hydrogen-bond donors (Lipinski definition) is 2. The monoisotopic (exact) mass is 600 g/mol. The average Bonchev–Trinajstić information content (AvgIpc) is 3.12. The van der Waals surface area contributed by atoms with E-state index in [2.05, 4.69) is 47.5 Å². The van der Waals surface area contributed by atoms with Crippen LogP contribution in [0.3, 0.4) is 0 Å². The van der Waals surface area contributed by atoms with Crippen molar-refractivity contribution in [3.63, 3.8) is 0 Å². The van der Waals surface area contributed by atoms with E-state index in [0.717, 1.165) is 11.3 Å². The van der Waals surface area contributed by atoms with Crippen LogP contribution in [0.2, 0.25) is 10.0 Å². The van der Waals surface area contributed by atoms with E-state index in [1.165, 1.54) is 6.21 Å². The molecule has 0 atom stereocenters. The molecule has 1 aromatic heterocycles. The fourth-order valence-corrected chi connectivity index (χ4v) is 4.47. The van der Waals surface area contributed by atoms with E-state index in [0.29, 0.717) is 36.8 Å². The van der Waals surface area contributed by atoms with E-state index in [4.69, 9.17) is 23.2 Å². The zero-order valence-corrected chi connectivity index (χ0v) is 22.1. The van der Waals surface area contributed by atoms with Gasteiger partial charge >= 0.3 is 0 Å². The quantitative estimate of drug-likeness (QED) is 0.257. The number of hydrogen-bond acceptors (Lipinski definition) is 4. The van der Waals surface area contributed by atoms with E-state index in [9.17, 15) is 9.90 Å². The second-order valence-electron chi connectivity index (χ2n) is 8.09. The number of nitrogens with one attached hydrogen (secondary N) is 1. The number of phenols is 1. The smallest absolute Gasteiger partial charge is 0.289 e. The first-order valence-corrected chi connectivity index (χ1v) is 11.8. The van der Waals surface area contributed by atoms with Gasteiger partial charge in [-0.15, -0.1) is 0 Å². The molecule has 32 heavy (non-hydrogen) atoms. The van der Waals surface area contributed by atoms with Crippen LogP contribution in [0.25, 0.3) is 0 Å². The molecule has 3 rings (SSSR count). The van der Waals surface area contributed by atoms with Crippen molar-refractivity contribution in [3.05, 3.63) is 77.9 Å². The Morgan fingerprint density at radius 2 is 1.84 bits per heavy atom. The highest BCUT2D eigenvalue weighted by molar-refractivity contribution is 9.11. The van der Waals surface area contributed by atoms with Gasteiger partial charge in [0.15, 0.2) is 0 Å². The van der Waals surface area contributed by atoms with E-state index in [1.54, 1.807) is 35.0 Å². The number of aromatic nitrogens is 2. The summed E-state index contributed by atoms with van der Waals surface area (Å²) in [5.41, 5.74) is 4.87. The van der Waals surface area contributed by atoms with Crippen LogP contribution in [-0.2, 0) is 12.0 Å². The Labute approximate surface area is 212 Å². The minimum absolute atomic E-state index is 0.0886. The summed E-state index contributed by atoms with van der Waals surface area (Å²) in [6, 6.07) is 10.3. The highest BCUT2D eigenvalue weighted by Gasteiger charge is 2.23. The third-order valence-electron chi connectivity index (χ3n) is 4.54. The zero-order chi connectivity index (χ0) is 23.6. The Bertz CT molecular complexity index is 1180. The fraction of sp³-hybridized carbons (Fsp3) is 0.227. The summed E-state index contributed by atoms with van der Waals surface area (Å²) in [7, 11) is 0. The largest absolute Gasteiger partial charge is 0.506 e. The van der Waals surface area contributed by atoms with Crippen LogP contribution in [0.15, 0.2) is 50.4 Å². The third kappa shape index (κ3) is 5.92. The first-order chi connectivity index (χ1) is 15.0. The Balaban J connectivity index is 1.86. The number of halogens is 4. The molecule has 3 aromatic rings. The summed E-state index contributed by atoms with van der Waals surface area (Å²) in [6.45, 7) is 6.37. The van der Waals surface area contributed by atoms with Crippen LogP contribution in [-0.4, -0.2) is 27.0 Å². The first-order valence-electron chi connectivity index (χ1n) is 9.49. The molecule has 0 aliphatic carbocycles. The minimum atomic E-state index is -0.411. The number of hydrazone groups is 1. The van der Waals surface area contributed by atoms with Crippen LogP contribution >= 0.6 is 55.1 Å². The van der Waals surface area contributed by atoms with Gasteiger partial charge in [0.2, 0.25) is 0 Å². The van der Waals surface area contributed by atoms with Crippen LogP contribution in [0.1, 0.15) is 48.1 Å². The number of carbonyl (C=O) groups is 1. The van der Waals surface area contributed by atoms with Crippen molar-refractivity contribution >= 4 is 67.2 Å². The lowest BCUT2D eigenvalue weighted by Crippen LogP contribution is -2.22. The van der Waals surface area contributed by atoms with Gasteiger partial charge in [-0.2, -0.15) is 10.2 Å². The highest BCUT2D eigenvalue weighted by Crippen LogP contribution is 2.32. The molecular weight excluding hydrogens is 583 g/mol. The van der Waals surface area contributed by atoms with Crippen molar-refractivity contribution < 1.29 is 9.90 Å². The van der Waals surface area contributed by atoms with Crippen molar-refractivity contribution in [3.8, 4) is 5.75 Å². The van der Waals surface area contributed by atoms with E-state index >= 15 is 0 Å². The molecule has 6 nitrogen and oxygen atoms in total. The Morgan fingerprint density at radius 3 is 2.44 bits per heavy atom. The summed E-state index contributed by atoms with van der Waals surface area (Å²) in [5, 5.41) is 19.5. The molecule has 0 aliphatic heterocycles. The van der Waals surface area contributed by atoms with Crippen LogP contribution in [0.4, 0.5) is 0 Å². The van der Waals surface area contributed by atoms with Crippen LogP contribution < -0.4 is 5.43 Å². The molecule has 0 fully saturated rings. The summed E-state index contributed by atoms with van der Waals surface area (Å²) in [4.78, 5) is 12.9. The molecule has 0 unspecified atom stereocenters. The molecule has 0 radical (unpaired) electrons. The second-order valence-corrected chi connectivity index (χ2v) is 10.6.